The number of halogens is 4. The first kappa shape index (κ1) is 15.8. The van der Waals surface area contributed by atoms with Gasteiger partial charge in [0.25, 0.3) is 0 Å². The van der Waals surface area contributed by atoms with E-state index in [9.17, 15) is 26.0 Å². The van der Waals surface area contributed by atoms with Crippen LogP contribution in [0, 0.1) is 0 Å². The Labute approximate surface area is 92.0 Å². The first-order valence-corrected chi connectivity index (χ1v) is 8.86. The molecule has 0 saturated carbocycles. The second-order valence-electron chi connectivity index (χ2n) is 3.93. The molecule has 4 nitrogen and oxygen atoms in total. The lowest BCUT2D eigenvalue weighted by Crippen LogP contribution is -2.36. The Morgan fingerprint density at radius 3 is 2.00 bits per heavy atom. The van der Waals surface area contributed by atoms with Crippen LogP contribution in [-0.4, -0.2) is 35.7 Å². The minimum absolute atomic E-state index is 1.47. The molecule has 0 aliphatic heterocycles. The number of rotatable bonds is 6. The van der Waals surface area contributed by atoms with E-state index in [1.807, 2.05) is 0 Å². The minimum Gasteiger partial charge on any atom is -0.294 e. The first-order chi connectivity index (χ1) is 6.86. The van der Waals surface area contributed by atoms with Gasteiger partial charge in [-0.15, -0.1) is 0 Å². The third-order valence-electron chi connectivity index (χ3n) is 1.07. The van der Waals surface area contributed by atoms with E-state index < -0.39 is 37.7 Å². The third-order valence-corrected chi connectivity index (χ3v) is 4.29. The Morgan fingerprint density at radius 1 is 1.25 bits per heavy atom. The van der Waals surface area contributed by atoms with Crippen LogP contribution in [0.5, 0.6) is 0 Å². The lowest BCUT2D eigenvalue weighted by atomic mass is 10.4. The van der Waals surface area contributed by atoms with Gasteiger partial charge in [0, 0.05) is 0 Å². The standard InChI is InChI=1S/C6H12F4O4SSi/c1-16(2,3)14-15(11,12)13-4-6(9,10)5(7)8/h5H,4H2,1-3H3. The second-order valence-corrected chi connectivity index (χ2v) is 9.87. The summed E-state index contributed by atoms with van der Waals surface area (Å²) in [4.78, 5) is 0. The number of hydrogen-bond donors (Lipinski definition) is 0. The summed E-state index contributed by atoms with van der Waals surface area (Å²) >= 11 is 0. The van der Waals surface area contributed by atoms with E-state index in [4.69, 9.17) is 0 Å². The topological polar surface area (TPSA) is 52.6 Å². The van der Waals surface area contributed by atoms with E-state index in [0.717, 1.165) is 0 Å². The molecule has 0 saturated heterocycles. The normalized spacial score (nSPS) is 14.5. The van der Waals surface area contributed by atoms with Gasteiger partial charge in [-0.3, -0.25) is 3.87 Å². The molecule has 0 heterocycles. The summed E-state index contributed by atoms with van der Waals surface area (Å²) in [5, 5.41) is 0. The average Bonchev–Trinajstić information content (AvgIpc) is 1.96. The Balaban J connectivity index is 4.42. The van der Waals surface area contributed by atoms with E-state index in [0.29, 0.717) is 0 Å². The number of hydrogen-bond acceptors (Lipinski definition) is 4. The van der Waals surface area contributed by atoms with Gasteiger partial charge < -0.3 is 0 Å². The predicted octanol–water partition coefficient (Wildman–Crippen LogP) is 2.00. The van der Waals surface area contributed by atoms with Crippen LogP contribution in [0.1, 0.15) is 0 Å². The van der Waals surface area contributed by atoms with Crippen LogP contribution < -0.4 is 0 Å². The van der Waals surface area contributed by atoms with E-state index in [2.05, 4.69) is 8.06 Å². The summed E-state index contributed by atoms with van der Waals surface area (Å²) in [6.07, 6.45) is -3.99. The van der Waals surface area contributed by atoms with Crippen molar-refractivity contribution in [2.24, 2.45) is 0 Å². The molecule has 0 fully saturated rings. The molecule has 10 heteroatoms. The van der Waals surface area contributed by atoms with Crippen molar-refractivity contribution in [1.82, 2.24) is 0 Å². The fourth-order valence-electron chi connectivity index (χ4n) is 0.544. The zero-order valence-corrected chi connectivity index (χ0v) is 10.7. The molecule has 98 valence electrons. The van der Waals surface area contributed by atoms with Crippen LogP contribution in [0.3, 0.4) is 0 Å². The van der Waals surface area contributed by atoms with Gasteiger partial charge in [-0.05, 0) is 19.6 Å². The van der Waals surface area contributed by atoms with Crippen molar-refractivity contribution in [1.29, 1.82) is 0 Å². The highest BCUT2D eigenvalue weighted by Crippen LogP contribution is 2.24. The second kappa shape index (κ2) is 4.98. The van der Waals surface area contributed by atoms with Gasteiger partial charge in [0.1, 0.15) is 6.61 Å². The van der Waals surface area contributed by atoms with Gasteiger partial charge >= 0.3 is 22.7 Å². The molecule has 0 N–H and O–H groups in total. The SMILES string of the molecule is C[Si](C)(C)OS(=O)(=O)OCC(F)(F)C(F)F. The highest BCUT2D eigenvalue weighted by atomic mass is 32.3. The van der Waals surface area contributed by atoms with Crippen molar-refractivity contribution in [3.63, 3.8) is 0 Å². The molecule has 0 amide bonds. The van der Waals surface area contributed by atoms with Crippen LogP contribution in [-0.2, 0) is 18.5 Å². The molecular weight excluding hydrogens is 272 g/mol. The summed E-state index contributed by atoms with van der Waals surface area (Å²) < 4.78 is 77.9. The maximum atomic E-state index is 12.3. The molecule has 0 aromatic carbocycles. The van der Waals surface area contributed by atoms with Crippen LogP contribution in [0.4, 0.5) is 17.6 Å². The van der Waals surface area contributed by atoms with Crippen molar-refractivity contribution in [2.75, 3.05) is 6.61 Å². The van der Waals surface area contributed by atoms with Gasteiger partial charge in [-0.1, -0.05) is 0 Å². The fourth-order valence-corrected chi connectivity index (χ4v) is 3.49. The van der Waals surface area contributed by atoms with E-state index in [-0.39, 0.29) is 0 Å². The molecule has 0 unspecified atom stereocenters. The first-order valence-electron chi connectivity index (χ1n) is 4.12. The lowest BCUT2D eigenvalue weighted by molar-refractivity contribution is -0.148. The van der Waals surface area contributed by atoms with Crippen LogP contribution in [0.25, 0.3) is 0 Å². The Hall–Kier alpha value is -0.193. The maximum Gasteiger partial charge on any atom is 0.390 e. The third kappa shape index (κ3) is 6.40. The summed E-state index contributed by atoms with van der Waals surface area (Å²) in [5.74, 6) is -4.52. The van der Waals surface area contributed by atoms with Gasteiger partial charge in [0.15, 0.2) is 0 Å². The molecule has 0 aliphatic rings. The Kier molecular flexibility index (Phi) is 4.92. The zero-order chi connectivity index (χ0) is 13.2. The molecule has 0 aliphatic carbocycles. The number of alkyl halides is 4. The van der Waals surface area contributed by atoms with Crippen LogP contribution >= 0.6 is 0 Å². The quantitative estimate of drug-likeness (QED) is 0.553. The molecular formula is C6H12F4O4SSi. The molecule has 0 atom stereocenters. The fraction of sp³-hybridized carbons (Fsp3) is 1.00. The summed E-state index contributed by atoms with van der Waals surface area (Å²) in [6.45, 7) is 2.48. The summed E-state index contributed by atoms with van der Waals surface area (Å²) in [6, 6.07) is 0. The molecule has 0 rings (SSSR count). The highest BCUT2D eigenvalue weighted by Gasteiger charge is 2.43. The van der Waals surface area contributed by atoms with Gasteiger partial charge in [0.05, 0.1) is 0 Å². The molecule has 0 spiro atoms. The monoisotopic (exact) mass is 284 g/mol. The minimum atomic E-state index is -4.66. The van der Waals surface area contributed by atoms with E-state index in [1.165, 1.54) is 19.6 Å². The molecule has 16 heavy (non-hydrogen) atoms. The molecule has 0 aromatic rings. The average molecular weight is 284 g/mol. The predicted molar refractivity (Wildman–Crippen MR) is 50.3 cm³/mol. The zero-order valence-electron chi connectivity index (χ0n) is 8.84. The van der Waals surface area contributed by atoms with Crippen LogP contribution in [0.15, 0.2) is 0 Å². The van der Waals surface area contributed by atoms with Crippen molar-refractivity contribution >= 4 is 18.7 Å². The maximum absolute atomic E-state index is 12.3. The van der Waals surface area contributed by atoms with Gasteiger partial charge in [0.2, 0.25) is 8.32 Å². The Bertz CT molecular complexity index is 324. The molecule has 0 radical (unpaired) electrons. The lowest BCUT2D eigenvalue weighted by Gasteiger charge is -2.18. The van der Waals surface area contributed by atoms with Crippen LogP contribution in [0.2, 0.25) is 19.6 Å². The van der Waals surface area contributed by atoms with Crippen molar-refractivity contribution < 1.29 is 34.0 Å². The smallest absolute Gasteiger partial charge is 0.294 e. The van der Waals surface area contributed by atoms with Gasteiger partial charge in [-0.25, -0.2) is 13.0 Å². The largest absolute Gasteiger partial charge is 0.390 e. The van der Waals surface area contributed by atoms with Crippen molar-refractivity contribution in [3.8, 4) is 0 Å². The summed E-state index contributed by atoms with van der Waals surface area (Å²) in [7, 11) is -7.22. The highest BCUT2D eigenvalue weighted by molar-refractivity contribution is 7.83. The van der Waals surface area contributed by atoms with E-state index >= 15 is 0 Å². The van der Waals surface area contributed by atoms with Crippen molar-refractivity contribution in [2.45, 2.75) is 32.0 Å². The molecule has 0 bridgehead atoms. The van der Waals surface area contributed by atoms with E-state index in [1.54, 1.807) is 0 Å². The summed E-state index contributed by atoms with van der Waals surface area (Å²) in [5.41, 5.74) is 0. The Morgan fingerprint density at radius 2 is 1.69 bits per heavy atom. The van der Waals surface area contributed by atoms with Gasteiger partial charge in [-0.2, -0.15) is 17.2 Å². The molecule has 0 aromatic heterocycles. The van der Waals surface area contributed by atoms with Crippen molar-refractivity contribution in [3.05, 3.63) is 0 Å².